The Labute approximate surface area is 124 Å². The number of nitrogens with one attached hydrogen (secondary N) is 1. The van der Waals surface area contributed by atoms with Gasteiger partial charge in [-0.2, -0.15) is 13.5 Å². The maximum absolute atomic E-state index is 12.2. The third-order valence-corrected chi connectivity index (χ3v) is 4.40. The molecule has 0 saturated carbocycles. The Kier molecular flexibility index (Phi) is 3.75. The molecule has 0 atom stereocenters. The van der Waals surface area contributed by atoms with Gasteiger partial charge in [0.1, 0.15) is 5.75 Å². The molecular formula is C10H9ClN4O5S. The van der Waals surface area contributed by atoms with E-state index in [0.29, 0.717) is 0 Å². The Hall–Kier alpha value is -2.33. The number of phenolic OH excluding ortho intramolecular Hbond substituents is 1. The lowest BCUT2D eigenvalue weighted by molar-refractivity contribution is -0.384. The van der Waals surface area contributed by atoms with E-state index in [0.717, 1.165) is 29.1 Å². The fraction of sp³-hybridized carbons (Fsp3) is 0.100. The van der Waals surface area contributed by atoms with Gasteiger partial charge in [-0.3, -0.25) is 19.5 Å². The number of anilines is 1. The second kappa shape index (κ2) is 5.22. The van der Waals surface area contributed by atoms with Crippen molar-refractivity contribution in [2.75, 3.05) is 4.72 Å². The van der Waals surface area contributed by atoms with Crippen molar-refractivity contribution in [3.63, 3.8) is 0 Å². The minimum atomic E-state index is -4.10. The topological polar surface area (TPSA) is 127 Å². The van der Waals surface area contributed by atoms with Gasteiger partial charge in [-0.15, -0.1) is 0 Å². The monoisotopic (exact) mass is 332 g/mol. The van der Waals surface area contributed by atoms with E-state index < -0.39 is 20.7 Å². The van der Waals surface area contributed by atoms with Crippen LogP contribution in [0.15, 0.2) is 29.4 Å². The maximum Gasteiger partial charge on any atom is 0.280 e. The van der Waals surface area contributed by atoms with Crippen molar-refractivity contribution in [3.8, 4) is 5.75 Å². The van der Waals surface area contributed by atoms with Gasteiger partial charge in [0, 0.05) is 13.1 Å². The highest BCUT2D eigenvalue weighted by atomic mass is 35.5. The molecule has 1 aromatic carbocycles. The third-order valence-electron chi connectivity index (χ3n) is 2.53. The molecule has 1 aromatic heterocycles. The van der Waals surface area contributed by atoms with Crippen LogP contribution in [0.5, 0.6) is 5.75 Å². The van der Waals surface area contributed by atoms with Crippen LogP contribution in [0.2, 0.25) is 5.02 Å². The third kappa shape index (κ3) is 2.90. The first-order chi connectivity index (χ1) is 9.72. The fourth-order valence-electron chi connectivity index (χ4n) is 1.61. The maximum atomic E-state index is 12.2. The number of nitro groups is 1. The summed E-state index contributed by atoms with van der Waals surface area (Å²) < 4.78 is 27.5. The Bertz CT molecular complexity index is 797. The number of hydrogen-bond acceptors (Lipinski definition) is 6. The summed E-state index contributed by atoms with van der Waals surface area (Å²) in [5, 5.41) is 23.5. The minimum Gasteiger partial charge on any atom is -0.505 e. The van der Waals surface area contributed by atoms with Gasteiger partial charge in [0.2, 0.25) is 0 Å². The summed E-state index contributed by atoms with van der Waals surface area (Å²) in [5.74, 6) is -0.578. The Balaban J connectivity index is 2.40. The zero-order valence-electron chi connectivity index (χ0n) is 10.5. The molecule has 0 aliphatic carbocycles. The van der Waals surface area contributed by atoms with E-state index in [1.807, 2.05) is 0 Å². The molecule has 0 saturated heterocycles. The molecule has 21 heavy (non-hydrogen) atoms. The highest BCUT2D eigenvalue weighted by Gasteiger charge is 2.24. The Morgan fingerprint density at radius 3 is 2.62 bits per heavy atom. The highest BCUT2D eigenvalue weighted by molar-refractivity contribution is 7.92. The molecule has 0 spiro atoms. The van der Waals surface area contributed by atoms with E-state index in [9.17, 15) is 23.6 Å². The van der Waals surface area contributed by atoms with Crippen LogP contribution in [0.1, 0.15) is 0 Å². The van der Waals surface area contributed by atoms with Crippen LogP contribution in [-0.4, -0.2) is 28.2 Å². The SMILES string of the molecule is Cn1ncc(Cl)c1S(=O)(=O)Nc1ccc([N+](=O)[O-])cc1O. The van der Waals surface area contributed by atoms with Gasteiger partial charge in [-0.1, -0.05) is 11.6 Å². The number of aryl methyl sites for hydroxylation is 1. The molecule has 0 fully saturated rings. The van der Waals surface area contributed by atoms with Gasteiger partial charge in [-0.25, -0.2) is 0 Å². The van der Waals surface area contributed by atoms with E-state index in [1.54, 1.807) is 0 Å². The molecule has 2 aromatic rings. The fourth-order valence-corrected chi connectivity index (χ4v) is 3.35. The van der Waals surface area contributed by atoms with Gasteiger partial charge in [0.15, 0.2) is 5.03 Å². The average Bonchev–Trinajstić information content (AvgIpc) is 2.71. The molecule has 0 aliphatic rings. The normalized spacial score (nSPS) is 11.3. The van der Waals surface area contributed by atoms with Crippen LogP contribution in [0.25, 0.3) is 0 Å². The number of benzene rings is 1. The second-order valence-electron chi connectivity index (χ2n) is 3.99. The number of nitrogens with zero attached hydrogens (tertiary/aromatic N) is 3. The first kappa shape index (κ1) is 15.1. The number of non-ortho nitro benzene ring substituents is 1. The lowest BCUT2D eigenvalue weighted by Gasteiger charge is -2.09. The van der Waals surface area contributed by atoms with E-state index in [-0.39, 0.29) is 21.4 Å². The Morgan fingerprint density at radius 1 is 1.48 bits per heavy atom. The molecule has 11 heteroatoms. The van der Waals surface area contributed by atoms with Crippen molar-refractivity contribution in [3.05, 3.63) is 39.5 Å². The lowest BCUT2D eigenvalue weighted by Crippen LogP contribution is -2.17. The highest BCUT2D eigenvalue weighted by Crippen LogP contribution is 2.30. The number of phenols is 1. The molecule has 0 unspecified atom stereocenters. The zero-order valence-corrected chi connectivity index (χ0v) is 12.1. The van der Waals surface area contributed by atoms with Gasteiger partial charge in [0.05, 0.1) is 27.9 Å². The number of rotatable bonds is 4. The summed E-state index contributed by atoms with van der Waals surface area (Å²) in [7, 11) is -2.71. The summed E-state index contributed by atoms with van der Waals surface area (Å²) in [4.78, 5) is 9.84. The molecule has 1 heterocycles. The number of hydrogen-bond donors (Lipinski definition) is 2. The van der Waals surface area contributed by atoms with Gasteiger partial charge in [-0.05, 0) is 6.07 Å². The largest absolute Gasteiger partial charge is 0.505 e. The van der Waals surface area contributed by atoms with Crippen molar-refractivity contribution in [1.82, 2.24) is 9.78 Å². The number of sulfonamides is 1. The smallest absolute Gasteiger partial charge is 0.280 e. The predicted octanol–water partition coefficient (Wildman–Crippen LogP) is 1.49. The molecule has 9 nitrogen and oxygen atoms in total. The summed E-state index contributed by atoms with van der Waals surface area (Å²) >= 11 is 5.75. The standard InChI is InChI=1S/C10H9ClN4O5S/c1-14-10(7(11)5-12-14)21(19,20)13-8-3-2-6(15(17)18)4-9(8)16/h2-5,13,16H,1H3. The summed E-state index contributed by atoms with van der Waals surface area (Å²) in [6.07, 6.45) is 1.16. The molecule has 2 N–H and O–H groups in total. The average molecular weight is 333 g/mol. The van der Waals surface area contributed by atoms with Crippen molar-refractivity contribution in [1.29, 1.82) is 0 Å². The van der Waals surface area contributed by atoms with Gasteiger partial charge >= 0.3 is 0 Å². The summed E-state index contributed by atoms with van der Waals surface area (Å²) in [6, 6.07) is 2.97. The first-order valence-corrected chi connectivity index (χ1v) is 7.26. The van der Waals surface area contributed by atoms with Crippen LogP contribution in [0.4, 0.5) is 11.4 Å². The van der Waals surface area contributed by atoms with Crippen LogP contribution in [0.3, 0.4) is 0 Å². The summed E-state index contributed by atoms with van der Waals surface area (Å²) in [6.45, 7) is 0. The van der Waals surface area contributed by atoms with Crippen molar-refractivity contribution < 1.29 is 18.4 Å². The van der Waals surface area contributed by atoms with Crippen molar-refractivity contribution >= 4 is 33.0 Å². The van der Waals surface area contributed by atoms with E-state index in [1.165, 1.54) is 7.05 Å². The van der Waals surface area contributed by atoms with Gasteiger partial charge in [0.25, 0.3) is 15.7 Å². The molecule has 0 bridgehead atoms. The molecule has 0 radical (unpaired) electrons. The minimum absolute atomic E-state index is 0.0913. The van der Waals surface area contributed by atoms with E-state index >= 15 is 0 Å². The van der Waals surface area contributed by atoms with E-state index in [4.69, 9.17) is 11.6 Å². The quantitative estimate of drug-likeness (QED) is 0.496. The van der Waals surface area contributed by atoms with Crippen LogP contribution in [-0.2, 0) is 17.1 Å². The molecule has 0 amide bonds. The van der Waals surface area contributed by atoms with Crippen LogP contribution >= 0.6 is 11.6 Å². The number of aromatic nitrogens is 2. The summed E-state index contributed by atoms with van der Waals surface area (Å²) in [5.41, 5.74) is -0.577. The lowest BCUT2D eigenvalue weighted by atomic mass is 10.3. The molecule has 2 rings (SSSR count). The molecular weight excluding hydrogens is 324 g/mol. The number of nitro benzene ring substituents is 1. The first-order valence-electron chi connectivity index (χ1n) is 5.40. The van der Waals surface area contributed by atoms with Crippen LogP contribution in [0, 0.1) is 10.1 Å². The van der Waals surface area contributed by atoms with E-state index in [2.05, 4.69) is 9.82 Å². The van der Waals surface area contributed by atoms with Crippen molar-refractivity contribution in [2.24, 2.45) is 7.05 Å². The molecule has 0 aliphatic heterocycles. The van der Waals surface area contributed by atoms with Crippen molar-refractivity contribution in [2.45, 2.75) is 5.03 Å². The van der Waals surface area contributed by atoms with Crippen LogP contribution < -0.4 is 4.72 Å². The number of aromatic hydroxyl groups is 1. The number of halogens is 1. The Morgan fingerprint density at radius 2 is 2.14 bits per heavy atom. The van der Waals surface area contributed by atoms with Gasteiger partial charge < -0.3 is 5.11 Å². The molecule has 112 valence electrons. The zero-order chi connectivity index (χ0) is 15.8. The second-order valence-corrected chi connectivity index (χ2v) is 5.99. The predicted molar refractivity (Wildman–Crippen MR) is 73.8 cm³/mol.